The summed E-state index contributed by atoms with van der Waals surface area (Å²) in [6, 6.07) is 4.13. The van der Waals surface area contributed by atoms with Gasteiger partial charge in [0, 0.05) is 18.8 Å². The van der Waals surface area contributed by atoms with Crippen LogP contribution in [0.15, 0.2) is 12.3 Å². The first-order valence-electron chi connectivity index (χ1n) is 4.86. The van der Waals surface area contributed by atoms with E-state index < -0.39 is 0 Å². The first-order chi connectivity index (χ1) is 6.72. The van der Waals surface area contributed by atoms with Crippen LogP contribution < -0.4 is 0 Å². The van der Waals surface area contributed by atoms with Crippen LogP contribution in [-0.2, 0) is 0 Å². The van der Waals surface area contributed by atoms with Crippen LogP contribution in [0.5, 0.6) is 0 Å². The highest BCUT2D eigenvalue weighted by Crippen LogP contribution is 2.02. The molecule has 0 fully saturated rings. The molecule has 78 valence electrons. The van der Waals surface area contributed by atoms with Crippen molar-refractivity contribution in [3.63, 3.8) is 0 Å². The molecule has 0 bridgehead atoms. The molecule has 0 saturated carbocycles. The van der Waals surface area contributed by atoms with E-state index in [-0.39, 0.29) is 0 Å². The summed E-state index contributed by atoms with van der Waals surface area (Å²) in [4.78, 5) is 1.95. The number of hydrogen-bond donors (Lipinski definition) is 0. The Bertz CT molecular complexity index is 202. The number of allylic oxidation sites excluding steroid dienone is 1. The second-order valence-corrected chi connectivity index (χ2v) is 2.54. The average molecular weight is 193 g/mol. The summed E-state index contributed by atoms with van der Waals surface area (Å²) in [5, 5.41) is 16.7. The molecule has 0 radical (unpaired) electrons. The van der Waals surface area contributed by atoms with E-state index in [4.69, 9.17) is 10.5 Å². The molecule has 0 amide bonds. The van der Waals surface area contributed by atoms with Gasteiger partial charge in [0.25, 0.3) is 0 Å². The highest BCUT2D eigenvalue weighted by atomic mass is 15.1. The molecule has 0 aromatic carbocycles. The maximum atomic E-state index is 8.35. The van der Waals surface area contributed by atoms with Gasteiger partial charge in [0.1, 0.15) is 0 Å². The highest BCUT2D eigenvalue weighted by molar-refractivity contribution is 4.91. The van der Waals surface area contributed by atoms with E-state index in [1.807, 2.05) is 25.7 Å². The molecule has 14 heavy (non-hydrogen) atoms. The summed E-state index contributed by atoms with van der Waals surface area (Å²) in [7, 11) is 0. The predicted octanol–water partition coefficient (Wildman–Crippen LogP) is 2.68. The topological polar surface area (TPSA) is 50.8 Å². The third-order valence-corrected chi connectivity index (χ3v) is 1.53. The van der Waals surface area contributed by atoms with Gasteiger partial charge < -0.3 is 4.90 Å². The van der Waals surface area contributed by atoms with Crippen LogP contribution in [0.1, 0.15) is 33.6 Å². The van der Waals surface area contributed by atoms with Crippen LogP contribution in [0.4, 0.5) is 0 Å². The largest absolute Gasteiger partial charge is 0.373 e. The van der Waals surface area contributed by atoms with Crippen molar-refractivity contribution in [3.05, 3.63) is 12.3 Å². The molecule has 0 saturated heterocycles. The molecule has 0 unspecified atom stereocenters. The van der Waals surface area contributed by atoms with Gasteiger partial charge in [0.05, 0.1) is 25.0 Å². The van der Waals surface area contributed by atoms with Crippen LogP contribution in [0, 0.1) is 22.7 Å². The van der Waals surface area contributed by atoms with Gasteiger partial charge in [0.2, 0.25) is 0 Å². The zero-order valence-corrected chi connectivity index (χ0v) is 9.38. The summed E-state index contributed by atoms with van der Waals surface area (Å²) in [5.74, 6) is 0. The van der Waals surface area contributed by atoms with Crippen molar-refractivity contribution >= 4 is 0 Å². The van der Waals surface area contributed by atoms with Crippen molar-refractivity contribution in [1.29, 1.82) is 10.5 Å². The zero-order chi connectivity index (χ0) is 11.4. The second-order valence-electron chi connectivity index (χ2n) is 2.54. The van der Waals surface area contributed by atoms with Crippen molar-refractivity contribution in [1.82, 2.24) is 4.90 Å². The lowest BCUT2D eigenvalue weighted by Crippen LogP contribution is -2.23. The first kappa shape index (κ1) is 15.0. The average Bonchev–Trinajstić information content (AvgIpc) is 2.20. The predicted molar refractivity (Wildman–Crippen MR) is 58.2 cm³/mol. The molecule has 0 spiro atoms. The smallest absolute Gasteiger partial charge is 0.0640 e. The van der Waals surface area contributed by atoms with Gasteiger partial charge in [-0.1, -0.05) is 20.4 Å². The molecule has 0 rings (SSSR count). The van der Waals surface area contributed by atoms with Crippen molar-refractivity contribution in [2.24, 2.45) is 0 Å². The van der Waals surface area contributed by atoms with Gasteiger partial charge in [-0.2, -0.15) is 10.5 Å². The molecule has 0 aromatic rings. The van der Waals surface area contributed by atoms with E-state index in [0.29, 0.717) is 25.9 Å². The number of rotatable bonds is 5. The van der Waals surface area contributed by atoms with Crippen molar-refractivity contribution < 1.29 is 0 Å². The standard InChI is InChI=1S/C9H13N3.C2H6/c1-9(2)12(7-3-5-10)8-4-6-11;1-2/h1,3-4,7-8H2,2H3;1-2H3. The van der Waals surface area contributed by atoms with Gasteiger partial charge in [0.15, 0.2) is 0 Å². The molecule has 3 heteroatoms. The van der Waals surface area contributed by atoms with E-state index in [0.717, 1.165) is 5.70 Å². The van der Waals surface area contributed by atoms with Crippen LogP contribution in [0.3, 0.4) is 0 Å². The number of nitrogens with zero attached hydrogens (tertiary/aromatic N) is 3. The molecular weight excluding hydrogens is 174 g/mol. The third kappa shape index (κ3) is 8.62. The number of hydrogen-bond acceptors (Lipinski definition) is 3. The summed E-state index contributed by atoms with van der Waals surface area (Å²) < 4.78 is 0. The SMILES string of the molecule is C=C(C)N(CCC#N)CCC#N.CC. The fourth-order valence-electron chi connectivity index (χ4n) is 0.863. The normalized spacial score (nSPS) is 7.50. The van der Waals surface area contributed by atoms with E-state index in [1.165, 1.54) is 0 Å². The Hall–Kier alpha value is -1.48. The number of nitriles is 2. The van der Waals surface area contributed by atoms with E-state index >= 15 is 0 Å². The molecule has 0 N–H and O–H groups in total. The quantitative estimate of drug-likeness (QED) is 0.674. The Kier molecular flexibility index (Phi) is 12.4. The zero-order valence-electron chi connectivity index (χ0n) is 9.38. The molecule has 0 aliphatic carbocycles. The molecule has 0 aromatic heterocycles. The van der Waals surface area contributed by atoms with Crippen molar-refractivity contribution in [2.45, 2.75) is 33.6 Å². The minimum absolute atomic E-state index is 0.484. The van der Waals surface area contributed by atoms with Crippen molar-refractivity contribution in [3.8, 4) is 12.1 Å². The monoisotopic (exact) mass is 193 g/mol. The lowest BCUT2D eigenvalue weighted by molar-refractivity contribution is 0.362. The summed E-state index contributed by atoms with van der Waals surface area (Å²) in [6.07, 6.45) is 0.969. The maximum absolute atomic E-state index is 8.35. The van der Waals surface area contributed by atoms with E-state index in [9.17, 15) is 0 Å². The highest BCUT2D eigenvalue weighted by Gasteiger charge is 2.01. The van der Waals surface area contributed by atoms with Crippen LogP contribution in [0.25, 0.3) is 0 Å². The molecule has 0 heterocycles. The minimum atomic E-state index is 0.484. The summed E-state index contributed by atoms with van der Waals surface area (Å²) in [6.45, 7) is 11.0. The fourth-order valence-corrected chi connectivity index (χ4v) is 0.863. The van der Waals surface area contributed by atoms with Crippen LogP contribution >= 0.6 is 0 Å². The Balaban J connectivity index is 0. The Morgan fingerprint density at radius 3 is 1.71 bits per heavy atom. The van der Waals surface area contributed by atoms with E-state index in [1.54, 1.807) is 0 Å². The summed E-state index contributed by atoms with van der Waals surface area (Å²) >= 11 is 0. The summed E-state index contributed by atoms with van der Waals surface area (Å²) in [5.41, 5.74) is 0.917. The maximum Gasteiger partial charge on any atom is 0.0640 e. The van der Waals surface area contributed by atoms with E-state index in [2.05, 4.69) is 18.7 Å². The molecular formula is C11H19N3. The molecule has 0 aliphatic heterocycles. The lowest BCUT2D eigenvalue weighted by atomic mass is 10.3. The van der Waals surface area contributed by atoms with Gasteiger partial charge >= 0.3 is 0 Å². The Labute approximate surface area is 87.2 Å². The van der Waals surface area contributed by atoms with Crippen LogP contribution in [0.2, 0.25) is 0 Å². The van der Waals surface area contributed by atoms with Crippen molar-refractivity contribution in [2.75, 3.05) is 13.1 Å². The molecule has 0 aliphatic rings. The van der Waals surface area contributed by atoms with Gasteiger partial charge in [-0.15, -0.1) is 0 Å². The van der Waals surface area contributed by atoms with Gasteiger partial charge in [-0.25, -0.2) is 0 Å². The first-order valence-corrected chi connectivity index (χ1v) is 4.86. The van der Waals surface area contributed by atoms with Gasteiger partial charge in [-0.3, -0.25) is 0 Å². The fraction of sp³-hybridized carbons (Fsp3) is 0.636. The molecule has 0 atom stereocenters. The third-order valence-electron chi connectivity index (χ3n) is 1.53. The lowest BCUT2D eigenvalue weighted by Gasteiger charge is -2.21. The Morgan fingerprint density at radius 1 is 1.14 bits per heavy atom. The molecule has 3 nitrogen and oxygen atoms in total. The Morgan fingerprint density at radius 2 is 1.50 bits per heavy atom. The second kappa shape index (κ2) is 11.5. The van der Waals surface area contributed by atoms with Crippen LogP contribution in [-0.4, -0.2) is 18.0 Å². The van der Waals surface area contributed by atoms with Gasteiger partial charge in [-0.05, 0) is 6.92 Å². The minimum Gasteiger partial charge on any atom is -0.373 e.